The van der Waals surface area contributed by atoms with E-state index in [1.165, 1.54) is 0 Å². The Labute approximate surface area is 97.9 Å². The monoisotopic (exact) mass is 211 g/mol. The highest BCUT2D eigenvalue weighted by Gasteiger charge is 2.02. The number of aryl methyl sites for hydroxylation is 1. The first-order valence-corrected chi connectivity index (χ1v) is 5.47. The normalized spacial score (nSPS) is 11.8. The highest BCUT2D eigenvalue weighted by molar-refractivity contribution is 6.08. The Morgan fingerprint density at radius 1 is 1.50 bits per heavy atom. The predicted octanol–water partition coefficient (Wildman–Crippen LogP) is 3.36. The molecule has 0 aromatic heterocycles. The average molecular weight is 211 g/mol. The maximum Gasteiger partial charge on any atom is 0.0643 e. The van der Waals surface area contributed by atoms with Crippen LogP contribution in [-0.4, -0.2) is 12.3 Å². The third-order valence-corrected chi connectivity index (χ3v) is 2.34. The lowest BCUT2D eigenvalue weighted by atomic mass is 10.0. The van der Waals surface area contributed by atoms with Crippen LogP contribution >= 0.6 is 0 Å². The quantitative estimate of drug-likeness (QED) is 0.537. The summed E-state index contributed by atoms with van der Waals surface area (Å²) in [6, 6.07) is 6.12. The molecule has 0 radical (unpaired) electrons. The number of terminal acetylenes is 1. The third kappa shape index (κ3) is 2.84. The van der Waals surface area contributed by atoms with Gasteiger partial charge in [0.2, 0.25) is 0 Å². The van der Waals surface area contributed by atoms with Crippen LogP contribution in [0.5, 0.6) is 0 Å². The highest BCUT2D eigenvalue weighted by Crippen LogP contribution is 2.11. The van der Waals surface area contributed by atoms with Gasteiger partial charge in [-0.3, -0.25) is 4.99 Å². The van der Waals surface area contributed by atoms with Crippen molar-refractivity contribution in [2.75, 3.05) is 6.54 Å². The van der Waals surface area contributed by atoms with Gasteiger partial charge in [-0.15, -0.1) is 6.42 Å². The van der Waals surface area contributed by atoms with Crippen molar-refractivity contribution in [2.45, 2.75) is 20.8 Å². The summed E-state index contributed by atoms with van der Waals surface area (Å²) in [7, 11) is 0. The molecule has 0 bridgehead atoms. The van der Waals surface area contributed by atoms with E-state index < -0.39 is 0 Å². The summed E-state index contributed by atoms with van der Waals surface area (Å²) < 4.78 is 0. The Balaban J connectivity index is 3.22. The van der Waals surface area contributed by atoms with E-state index in [9.17, 15) is 0 Å². The van der Waals surface area contributed by atoms with Crippen molar-refractivity contribution in [3.63, 3.8) is 0 Å². The van der Waals surface area contributed by atoms with Gasteiger partial charge in [0.05, 0.1) is 5.71 Å². The number of nitrogens with zero attached hydrogens (tertiary/aromatic N) is 1. The fraction of sp³-hybridized carbons (Fsp3) is 0.267. The van der Waals surface area contributed by atoms with E-state index in [2.05, 4.69) is 17.0 Å². The molecule has 0 spiro atoms. The van der Waals surface area contributed by atoms with Gasteiger partial charge in [-0.05, 0) is 38.5 Å². The molecule has 0 fully saturated rings. The minimum atomic E-state index is 0.777. The zero-order chi connectivity index (χ0) is 12.0. The number of hydrogen-bond acceptors (Lipinski definition) is 1. The average Bonchev–Trinajstić information content (AvgIpc) is 2.29. The molecule has 1 rings (SSSR count). The zero-order valence-electron chi connectivity index (χ0n) is 10.1. The van der Waals surface area contributed by atoms with Gasteiger partial charge in [0, 0.05) is 17.7 Å². The van der Waals surface area contributed by atoms with Crippen LogP contribution in [0.2, 0.25) is 0 Å². The van der Waals surface area contributed by atoms with Crippen LogP contribution in [0.1, 0.15) is 30.5 Å². The van der Waals surface area contributed by atoms with Crippen molar-refractivity contribution in [1.29, 1.82) is 0 Å². The molecule has 0 aliphatic heterocycles. The van der Waals surface area contributed by atoms with E-state index in [1.807, 2.05) is 45.1 Å². The second kappa shape index (κ2) is 5.92. The number of hydrogen-bond donors (Lipinski definition) is 0. The zero-order valence-corrected chi connectivity index (χ0v) is 10.1. The molecule has 0 saturated carbocycles. The Bertz CT molecular complexity index is 459. The number of rotatable bonds is 3. The molecule has 0 N–H and O–H groups in total. The number of benzene rings is 1. The predicted molar refractivity (Wildman–Crippen MR) is 71.0 cm³/mol. The highest BCUT2D eigenvalue weighted by atomic mass is 14.7. The lowest BCUT2D eigenvalue weighted by molar-refractivity contribution is 1.13. The van der Waals surface area contributed by atoms with Gasteiger partial charge < -0.3 is 0 Å². The summed E-state index contributed by atoms with van der Waals surface area (Å²) in [6.45, 7) is 6.81. The van der Waals surface area contributed by atoms with Crippen LogP contribution in [0.15, 0.2) is 35.3 Å². The smallest absolute Gasteiger partial charge is 0.0643 e. The van der Waals surface area contributed by atoms with Gasteiger partial charge in [0.1, 0.15) is 0 Å². The first-order chi connectivity index (χ1) is 7.72. The molecule has 1 aromatic carbocycles. The van der Waals surface area contributed by atoms with E-state index in [4.69, 9.17) is 6.42 Å². The van der Waals surface area contributed by atoms with Crippen molar-refractivity contribution in [2.24, 2.45) is 4.99 Å². The van der Waals surface area contributed by atoms with E-state index in [0.717, 1.165) is 28.9 Å². The van der Waals surface area contributed by atoms with Crippen LogP contribution in [0, 0.1) is 19.3 Å². The lowest BCUT2D eigenvalue weighted by Crippen LogP contribution is -1.99. The van der Waals surface area contributed by atoms with Crippen molar-refractivity contribution in [3.8, 4) is 12.3 Å². The van der Waals surface area contributed by atoms with Crippen LogP contribution in [0.3, 0.4) is 0 Å². The van der Waals surface area contributed by atoms with Crippen LogP contribution in [0.4, 0.5) is 0 Å². The van der Waals surface area contributed by atoms with Gasteiger partial charge in [-0.2, -0.15) is 0 Å². The molecule has 0 amide bonds. The fourth-order valence-corrected chi connectivity index (χ4v) is 1.51. The van der Waals surface area contributed by atoms with Crippen LogP contribution in [0.25, 0.3) is 0 Å². The Kier molecular flexibility index (Phi) is 4.54. The van der Waals surface area contributed by atoms with E-state index in [1.54, 1.807) is 0 Å². The van der Waals surface area contributed by atoms with Crippen LogP contribution < -0.4 is 0 Å². The summed E-state index contributed by atoms with van der Waals surface area (Å²) in [6.07, 6.45) is 9.46. The first-order valence-electron chi connectivity index (χ1n) is 5.47. The topological polar surface area (TPSA) is 12.4 Å². The van der Waals surface area contributed by atoms with Crippen molar-refractivity contribution in [1.82, 2.24) is 0 Å². The molecule has 16 heavy (non-hydrogen) atoms. The fourth-order valence-electron chi connectivity index (χ4n) is 1.51. The lowest BCUT2D eigenvalue weighted by Gasteiger charge is -2.04. The molecule has 0 unspecified atom stereocenters. The van der Waals surface area contributed by atoms with Crippen molar-refractivity contribution >= 4 is 5.71 Å². The molecule has 82 valence electrons. The molecule has 1 aromatic rings. The summed E-state index contributed by atoms with van der Waals surface area (Å²) in [4.78, 5) is 4.45. The minimum Gasteiger partial charge on any atom is -0.285 e. The van der Waals surface area contributed by atoms with E-state index in [0.29, 0.717) is 0 Å². The standard InChI is InChI=1S/C15H17N/c1-5-8-15(16-7-3)14-10-9-12(4)13(6-2)11-14/h2,5,8-11H,7H2,1,3-4H3/b8-5-,16-15+. The van der Waals surface area contributed by atoms with E-state index >= 15 is 0 Å². The van der Waals surface area contributed by atoms with Gasteiger partial charge in [0.15, 0.2) is 0 Å². The molecule has 0 atom stereocenters. The summed E-state index contributed by atoms with van der Waals surface area (Å²) in [5, 5.41) is 0. The largest absolute Gasteiger partial charge is 0.285 e. The van der Waals surface area contributed by atoms with Crippen molar-refractivity contribution < 1.29 is 0 Å². The molecule has 1 nitrogen and oxygen atoms in total. The van der Waals surface area contributed by atoms with Gasteiger partial charge >= 0.3 is 0 Å². The Morgan fingerprint density at radius 2 is 2.25 bits per heavy atom. The molecule has 0 aliphatic carbocycles. The summed E-state index contributed by atoms with van der Waals surface area (Å²) in [5.41, 5.74) is 4.13. The number of allylic oxidation sites excluding steroid dienone is 2. The molecule has 0 aliphatic rings. The molecular formula is C15H17N. The molecule has 0 heterocycles. The second-order valence-corrected chi connectivity index (χ2v) is 3.53. The maximum atomic E-state index is 5.46. The minimum absolute atomic E-state index is 0.777. The Morgan fingerprint density at radius 3 is 2.81 bits per heavy atom. The summed E-state index contributed by atoms with van der Waals surface area (Å²) in [5.74, 6) is 2.70. The summed E-state index contributed by atoms with van der Waals surface area (Å²) >= 11 is 0. The second-order valence-electron chi connectivity index (χ2n) is 3.53. The molecule has 0 saturated heterocycles. The van der Waals surface area contributed by atoms with Crippen molar-refractivity contribution in [3.05, 3.63) is 47.0 Å². The van der Waals surface area contributed by atoms with Gasteiger partial charge in [0.25, 0.3) is 0 Å². The third-order valence-electron chi connectivity index (χ3n) is 2.34. The SMILES string of the molecule is C#Cc1cc(C(/C=C\C)=N/CC)ccc1C. The van der Waals surface area contributed by atoms with Gasteiger partial charge in [-0.25, -0.2) is 0 Å². The Hall–Kier alpha value is -1.81. The molecular weight excluding hydrogens is 194 g/mol. The number of aliphatic imine (C=N–C) groups is 1. The van der Waals surface area contributed by atoms with E-state index in [-0.39, 0.29) is 0 Å². The first kappa shape index (κ1) is 12.3. The maximum absolute atomic E-state index is 5.46. The molecule has 1 heteroatoms. The van der Waals surface area contributed by atoms with Crippen LogP contribution in [-0.2, 0) is 0 Å². The van der Waals surface area contributed by atoms with Gasteiger partial charge in [-0.1, -0.05) is 24.1 Å².